The minimum atomic E-state index is -0.327. The van der Waals surface area contributed by atoms with Gasteiger partial charge in [0.15, 0.2) is 0 Å². The molecule has 1 heterocycles. The first-order chi connectivity index (χ1) is 20.0. The van der Waals surface area contributed by atoms with E-state index in [0.717, 1.165) is 33.2 Å². The van der Waals surface area contributed by atoms with E-state index < -0.39 is 0 Å². The molecular formula is C36H25FN2O2. The quantitative estimate of drug-likeness (QED) is 0.218. The minimum absolute atomic E-state index is 0.178. The van der Waals surface area contributed by atoms with Crippen LogP contribution in [0.4, 0.5) is 4.39 Å². The average Bonchev–Trinajstić information content (AvgIpc) is 2.99. The van der Waals surface area contributed by atoms with Crippen LogP contribution in [-0.4, -0.2) is 16.7 Å². The number of aromatic nitrogens is 2. The molecule has 41 heavy (non-hydrogen) atoms. The Morgan fingerprint density at radius 1 is 0.829 bits per heavy atom. The molecule has 0 saturated carbocycles. The van der Waals surface area contributed by atoms with Crippen LogP contribution in [0.5, 0.6) is 5.75 Å². The average molecular weight is 537 g/mol. The summed E-state index contributed by atoms with van der Waals surface area (Å²) in [7, 11) is 1.66. The molecule has 6 aromatic rings. The molecule has 0 radical (unpaired) electrons. The number of rotatable bonds is 4. The van der Waals surface area contributed by atoms with E-state index in [1.165, 1.54) is 12.1 Å². The van der Waals surface area contributed by atoms with Crippen LogP contribution in [0.25, 0.3) is 39.5 Å². The molecule has 0 spiro atoms. The van der Waals surface area contributed by atoms with Gasteiger partial charge >= 0.3 is 0 Å². The molecule has 4 nitrogen and oxygen atoms in total. The van der Waals surface area contributed by atoms with Gasteiger partial charge in [-0.3, -0.25) is 9.36 Å². The Balaban J connectivity index is 1.42. The molecule has 0 aliphatic carbocycles. The lowest BCUT2D eigenvalue weighted by Crippen LogP contribution is -2.23. The number of aryl methyl sites for hydroxylation is 1. The van der Waals surface area contributed by atoms with Crippen LogP contribution < -0.4 is 10.3 Å². The number of ether oxygens (including phenoxy) is 1. The summed E-state index contributed by atoms with van der Waals surface area (Å²) in [6, 6.07) is 31.3. The number of fused-ring (bicyclic) bond motifs is 2. The Labute approximate surface area is 237 Å². The highest BCUT2D eigenvalue weighted by Gasteiger charge is 2.13. The van der Waals surface area contributed by atoms with Crippen LogP contribution >= 0.6 is 0 Å². The maximum atomic E-state index is 13.8. The van der Waals surface area contributed by atoms with Gasteiger partial charge in [-0.25, -0.2) is 9.37 Å². The highest BCUT2D eigenvalue weighted by Crippen LogP contribution is 2.24. The van der Waals surface area contributed by atoms with Crippen molar-refractivity contribution in [1.29, 1.82) is 0 Å². The molecule has 0 bridgehead atoms. The predicted molar refractivity (Wildman–Crippen MR) is 164 cm³/mol. The third-order valence-electron chi connectivity index (χ3n) is 6.94. The smallest absolute Gasteiger partial charge is 0.266 e. The van der Waals surface area contributed by atoms with E-state index in [0.29, 0.717) is 28.0 Å². The van der Waals surface area contributed by atoms with Crippen LogP contribution in [0.15, 0.2) is 108 Å². The molecule has 0 saturated heterocycles. The standard InChI is InChI=1S/C36H25FN2O2/c1-24-21-26(13-16-27-8-6-9-28-23-30(41-2)17-18-31(27)28)14-19-34(24)39-35(20-15-25-7-5-10-29(37)22-25)38-33-12-4-3-11-32(33)36(39)40/h3-12,14-15,17-23H,1-2H3/b20-15+. The number of methoxy groups -OCH3 is 1. The van der Waals surface area contributed by atoms with Gasteiger partial charge in [0.1, 0.15) is 17.4 Å². The van der Waals surface area contributed by atoms with Crippen LogP contribution in [-0.2, 0) is 0 Å². The minimum Gasteiger partial charge on any atom is -0.497 e. The van der Waals surface area contributed by atoms with Gasteiger partial charge < -0.3 is 4.74 Å². The summed E-state index contributed by atoms with van der Waals surface area (Å²) in [5.41, 5.74) is 4.42. The second-order valence-corrected chi connectivity index (χ2v) is 9.66. The fraction of sp³-hybridized carbons (Fsp3) is 0.0556. The van der Waals surface area contributed by atoms with Gasteiger partial charge in [0, 0.05) is 11.1 Å². The monoisotopic (exact) mass is 536 g/mol. The topological polar surface area (TPSA) is 44.1 Å². The second-order valence-electron chi connectivity index (χ2n) is 9.66. The van der Waals surface area contributed by atoms with Gasteiger partial charge in [0.25, 0.3) is 5.56 Å². The second kappa shape index (κ2) is 11.0. The van der Waals surface area contributed by atoms with E-state index in [-0.39, 0.29) is 11.4 Å². The molecule has 0 fully saturated rings. The normalized spacial score (nSPS) is 11.1. The maximum Gasteiger partial charge on any atom is 0.266 e. The van der Waals surface area contributed by atoms with Crippen molar-refractivity contribution < 1.29 is 9.13 Å². The SMILES string of the molecule is COc1ccc2c(C#Cc3ccc(-n4c(/C=C/c5cccc(F)c5)nc5ccccc5c4=O)c(C)c3)cccc2c1. The summed E-state index contributed by atoms with van der Waals surface area (Å²) in [6.45, 7) is 1.95. The summed E-state index contributed by atoms with van der Waals surface area (Å²) in [5.74, 6) is 7.51. The van der Waals surface area contributed by atoms with Gasteiger partial charge in [-0.05, 0) is 102 Å². The molecule has 1 aromatic heterocycles. The Kier molecular flexibility index (Phi) is 6.89. The van der Waals surface area contributed by atoms with Crippen LogP contribution in [0.2, 0.25) is 0 Å². The van der Waals surface area contributed by atoms with Gasteiger partial charge in [0.2, 0.25) is 0 Å². The Morgan fingerprint density at radius 2 is 1.68 bits per heavy atom. The highest BCUT2D eigenvalue weighted by molar-refractivity contribution is 5.89. The van der Waals surface area contributed by atoms with Gasteiger partial charge in [0.05, 0.1) is 23.7 Å². The van der Waals surface area contributed by atoms with E-state index in [1.807, 2.05) is 79.7 Å². The van der Waals surface area contributed by atoms with Crippen molar-refractivity contribution in [1.82, 2.24) is 9.55 Å². The Morgan fingerprint density at radius 3 is 2.51 bits per heavy atom. The number of halogens is 1. The van der Waals surface area contributed by atoms with E-state index in [9.17, 15) is 9.18 Å². The fourth-order valence-electron chi connectivity index (χ4n) is 4.90. The third kappa shape index (κ3) is 5.24. The number of para-hydroxylation sites is 1. The van der Waals surface area contributed by atoms with E-state index in [1.54, 1.807) is 42.0 Å². The molecule has 0 unspecified atom stereocenters. The molecule has 0 N–H and O–H groups in total. The lowest BCUT2D eigenvalue weighted by Gasteiger charge is -2.14. The van der Waals surface area contributed by atoms with E-state index >= 15 is 0 Å². The summed E-state index contributed by atoms with van der Waals surface area (Å²) in [6.07, 6.45) is 3.50. The van der Waals surface area contributed by atoms with Crippen molar-refractivity contribution in [2.45, 2.75) is 6.92 Å². The third-order valence-corrected chi connectivity index (χ3v) is 6.94. The summed E-state index contributed by atoms with van der Waals surface area (Å²) in [4.78, 5) is 18.5. The summed E-state index contributed by atoms with van der Waals surface area (Å²) < 4.78 is 20.7. The predicted octanol–water partition coefficient (Wildman–Crippen LogP) is 7.57. The molecular weight excluding hydrogens is 511 g/mol. The molecule has 0 aliphatic rings. The largest absolute Gasteiger partial charge is 0.497 e. The molecule has 0 aliphatic heterocycles. The molecule has 5 aromatic carbocycles. The van der Waals surface area contributed by atoms with Crippen molar-refractivity contribution >= 4 is 33.8 Å². The number of nitrogens with zero attached hydrogens (tertiary/aromatic N) is 2. The maximum absolute atomic E-state index is 13.8. The van der Waals surface area contributed by atoms with Crippen LogP contribution in [0.3, 0.4) is 0 Å². The zero-order chi connectivity index (χ0) is 28.3. The molecule has 198 valence electrons. The first kappa shape index (κ1) is 25.8. The zero-order valence-electron chi connectivity index (χ0n) is 22.6. The van der Waals surface area contributed by atoms with E-state index in [2.05, 4.69) is 11.8 Å². The Hall–Kier alpha value is -5.47. The van der Waals surface area contributed by atoms with Gasteiger partial charge in [-0.2, -0.15) is 0 Å². The highest BCUT2D eigenvalue weighted by atomic mass is 19.1. The zero-order valence-corrected chi connectivity index (χ0v) is 22.6. The van der Waals surface area contributed by atoms with Crippen molar-refractivity contribution in [2.75, 3.05) is 7.11 Å². The van der Waals surface area contributed by atoms with Crippen molar-refractivity contribution in [3.05, 3.63) is 147 Å². The molecule has 6 rings (SSSR count). The fourth-order valence-corrected chi connectivity index (χ4v) is 4.90. The molecule has 5 heteroatoms. The first-order valence-corrected chi connectivity index (χ1v) is 13.2. The number of hydrogen-bond donors (Lipinski definition) is 0. The summed E-state index contributed by atoms with van der Waals surface area (Å²) >= 11 is 0. The van der Waals surface area contributed by atoms with Gasteiger partial charge in [-0.1, -0.05) is 54.3 Å². The van der Waals surface area contributed by atoms with Crippen LogP contribution in [0, 0.1) is 24.6 Å². The van der Waals surface area contributed by atoms with Gasteiger partial charge in [-0.15, -0.1) is 0 Å². The van der Waals surface area contributed by atoms with Crippen molar-refractivity contribution in [3.8, 4) is 23.3 Å². The lowest BCUT2D eigenvalue weighted by molar-refractivity contribution is 0.415. The molecule has 0 atom stereocenters. The number of hydrogen-bond acceptors (Lipinski definition) is 3. The first-order valence-electron chi connectivity index (χ1n) is 13.2. The Bertz CT molecular complexity index is 2100. The lowest BCUT2D eigenvalue weighted by atomic mass is 10.0. The van der Waals surface area contributed by atoms with E-state index in [4.69, 9.17) is 9.72 Å². The van der Waals surface area contributed by atoms with Crippen LogP contribution in [0.1, 0.15) is 28.1 Å². The van der Waals surface area contributed by atoms with Crippen molar-refractivity contribution in [3.63, 3.8) is 0 Å². The summed E-state index contributed by atoms with van der Waals surface area (Å²) in [5, 5.41) is 2.63. The molecule has 0 amide bonds. The number of benzene rings is 5. The van der Waals surface area contributed by atoms with Crippen molar-refractivity contribution in [2.24, 2.45) is 0 Å².